The SMILES string of the molecule is CCCCCCCCCCCCCCOC(=O)CCC=CCCC(=O)OCCCCCCCCCCCCCC. The van der Waals surface area contributed by atoms with E-state index >= 15 is 0 Å². The zero-order valence-corrected chi connectivity index (χ0v) is 27.0. The van der Waals surface area contributed by atoms with E-state index in [1.165, 1.54) is 128 Å². The number of carbonyl (C=O) groups excluding carboxylic acids is 2. The Morgan fingerprint density at radius 2 is 0.650 bits per heavy atom. The molecule has 0 bridgehead atoms. The second-order valence-corrected chi connectivity index (χ2v) is 11.8. The lowest BCUT2D eigenvalue weighted by Crippen LogP contribution is -2.05. The third-order valence-corrected chi connectivity index (χ3v) is 7.72. The van der Waals surface area contributed by atoms with Crippen LogP contribution in [0.3, 0.4) is 0 Å². The average molecular weight is 565 g/mol. The van der Waals surface area contributed by atoms with E-state index in [1.807, 2.05) is 12.2 Å². The van der Waals surface area contributed by atoms with Crippen molar-refractivity contribution in [2.24, 2.45) is 0 Å². The van der Waals surface area contributed by atoms with Gasteiger partial charge in [-0.2, -0.15) is 0 Å². The molecule has 0 unspecified atom stereocenters. The van der Waals surface area contributed by atoms with Crippen LogP contribution in [0, 0.1) is 0 Å². The molecule has 0 N–H and O–H groups in total. The van der Waals surface area contributed by atoms with Crippen LogP contribution in [0.1, 0.15) is 194 Å². The van der Waals surface area contributed by atoms with E-state index < -0.39 is 0 Å². The Bertz CT molecular complexity index is 509. The van der Waals surface area contributed by atoms with Crippen LogP contribution >= 0.6 is 0 Å². The highest BCUT2D eigenvalue weighted by molar-refractivity contribution is 5.70. The van der Waals surface area contributed by atoms with E-state index in [0.29, 0.717) is 38.9 Å². The number of allylic oxidation sites excluding steroid dienone is 2. The molecule has 0 aliphatic heterocycles. The Balaban J connectivity index is 3.33. The van der Waals surface area contributed by atoms with Gasteiger partial charge in [-0.25, -0.2) is 0 Å². The summed E-state index contributed by atoms with van der Waals surface area (Å²) in [5, 5.41) is 0. The standard InChI is InChI=1S/C36H68O4/c1-3-5-7-9-11-13-15-17-19-21-25-29-33-39-35(37)31-27-23-24-28-32-36(38)40-34-30-26-22-20-18-16-14-12-10-8-6-4-2/h23-24H,3-22,25-34H2,1-2H3. The summed E-state index contributed by atoms with van der Waals surface area (Å²) in [6, 6.07) is 0. The summed E-state index contributed by atoms with van der Waals surface area (Å²) in [7, 11) is 0. The summed E-state index contributed by atoms with van der Waals surface area (Å²) >= 11 is 0. The Hall–Kier alpha value is -1.32. The fourth-order valence-corrected chi connectivity index (χ4v) is 5.04. The van der Waals surface area contributed by atoms with E-state index in [4.69, 9.17) is 9.47 Å². The minimum Gasteiger partial charge on any atom is -0.466 e. The number of hydrogen-bond donors (Lipinski definition) is 0. The second-order valence-electron chi connectivity index (χ2n) is 11.8. The number of ether oxygens (including phenoxy) is 2. The Morgan fingerprint density at radius 1 is 0.400 bits per heavy atom. The lowest BCUT2D eigenvalue weighted by molar-refractivity contribution is -0.144. The first-order chi connectivity index (χ1) is 19.7. The molecule has 0 rings (SSSR count). The van der Waals surface area contributed by atoms with Gasteiger partial charge in [0.1, 0.15) is 0 Å². The van der Waals surface area contributed by atoms with Crippen molar-refractivity contribution in [3.63, 3.8) is 0 Å². The topological polar surface area (TPSA) is 52.6 Å². The molecule has 40 heavy (non-hydrogen) atoms. The summed E-state index contributed by atoms with van der Waals surface area (Å²) in [6.07, 6.45) is 37.5. The van der Waals surface area contributed by atoms with Crippen LogP contribution in [0.4, 0.5) is 0 Å². The molecule has 0 saturated carbocycles. The first kappa shape index (κ1) is 38.7. The van der Waals surface area contributed by atoms with Crippen molar-refractivity contribution in [1.29, 1.82) is 0 Å². The lowest BCUT2D eigenvalue weighted by atomic mass is 10.1. The van der Waals surface area contributed by atoms with E-state index in [0.717, 1.165) is 25.7 Å². The molecule has 0 radical (unpaired) electrons. The van der Waals surface area contributed by atoms with Gasteiger partial charge in [0.25, 0.3) is 0 Å². The predicted molar refractivity (Wildman–Crippen MR) is 172 cm³/mol. The number of rotatable bonds is 32. The maximum absolute atomic E-state index is 11.9. The molecule has 0 aliphatic rings. The molecule has 4 heteroatoms. The Labute approximate surface area is 249 Å². The monoisotopic (exact) mass is 565 g/mol. The number of carbonyl (C=O) groups is 2. The van der Waals surface area contributed by atoms with Crippen LogP contribution < -0.4 is 0 Å². The molecule has 236 valence electrons. The molecular formula is C36H68O4. The normalized spacial score (nSPS) is 11.3. The fourth-order valence-electron chi connectivity index (χ4n) is 5.04. The molecule has 0 aromatic heterocycles. The van der Waals surface area contributed by atoms with E-state index in [9.17, 15) is 9.59 Å². The van der Waals surface area contributed by atoms with Gasteiger partial charge in [0.05, 0.1) is 13.2 Å². The summed E-state index contributed by atoms with van der Waals surface area (Å²) in [5.41, 5.74) is 0. The van der Waals surface area contributed by atoms with Crippen molar-refractivity contribution >= 4 is 11.9 Å². The molecule has 0 aromatic rings. The van der Waals surface area contributed by atoms with Gasteiger partial charge >= 0.3 is 11.9 Å². The van der Waals surface area contributed by atoms with Gasteiger partial charge in [-0.3, -0.25) is 9.59 Å². The molecule has 0 saturated heterocycles. The molecule has 0 amide bonds. The molecule has 0 fully saturated rings. The summed E-state index contributed by atoms with van der Waals surface area (Å²) in [6.45, 7) is 5.63. The highest BCUT2D eigenvalue weighted by Gasteiger charge is 2.03. The Kier molecular flexibility index (Phi) is 32.8. The lowest BCUT2D eigenvalue weighted by Gasteiger charge is -2.05. The molecule has 0 atom stereocenters. The van der Waals surface area contributed by atoms with Crippen molar-refractivity contribution in [1.82, 2.24) is 0 Å². The predicted octanol–water partition coefficient (Wildman–Crippen LogP) is 11.6. The highest BCUT2D eigenvalue weighted by Crippen LogP contribution is 2.13. The molecule has 0 heterocycles. The van der Waals surface area contributed by atoms with Gasteiger partial charge in [-0.1, -0.05) is 167 Å². The van der Waals surface area contributed by atoms with Gasteiger partial charge in [0.2, 0.25) is 0 Å². The summed E-state index contributed by atoms with van der Waals surface area (Å²) < 4.78 is 10.7. The zero-order valence-electron chi connectivity index (χ0n) is 27.0. The van der Waals surface area contributed by atoms with Gasteiger partial charge in [-0.15, -0.1) is 0 Å². The minimum absolute atomic E-state index is 0.116. The van der Waals surface area contributed by atoms with Crippen LogP contribution in [0.5, 0.6) is 0 Å². The molecule has 0 aromatic carbocycles. The summed E-state index contributed by atoms with van der Waals surface area (Å²) in [4.78, 5) is 23.7. The zero-order chi connectivity index (χ0) is 29.2. The fraction of sp³-hybridized carbons (Fsp3) is 0.889. The number of hydrogen-bond acceptors (Lipinski definition) is 4. The van der Waals surface area contributed by atoms with Crippen LogP contribution in [0.15, 0.2) is 12.2 Å². The largest absolute Gasteiger partial charge is 0.466 e. The Morgan fingerprint density at radius 3 is 0.925 bits per heavy atom. The third-order valence-electron chi connectivity index (χ3n) is 7.72. The van der Waals surface area contributed by atoms with E-state index in [2.05, 4.69) is 13.8 Å². The molecule has 0 aliphatic carbocycles. The summed E-state index contributed by atoms with van der Waals surface area (Å²) in [5.74, 6) is -0.232. The van der Waals surface area contributed by atoms with Crippen LogP contribution in [-0.4, -0.2) is 25.2 Å². The highest BCUT2D eigenvalue weighted by atomic mass is 16.5. The van der Waals surface area contributed by atoms with Gasteiger partial charge in [0.15, 0.2) is 0 Å². The van der Waals surface area contributed by atoms with Crippen molar-refractivity contribution in [2.75, 3.05) is 13.2 Å². The van der Waals surface area contributed by atoms with Crippen molar-refractivity contribution in [3.8, 4) is 0 Å². The number of unbranched alkanes of at least 4 members (excludes halogenated alkanes) is 22. The molecular weight excluding hydrogens is 496 g/mol. The van der Waals surface area contributed by atoms with Crippen molar-refractivity contribution in [2.45, 2.75) is 194 Å². The number of esters is 2. The van der Waals surface area contributed by atoms with Crippen LogP contribution in [-0.2, 0) is 19.1 Å². The minimum atomic E-state index is -0.116. The average Bonchev–Trinajstić information content (AvgIpc) is 2.95. The second kappa shape index (κ2) is 33.9. The maximum atomic E-state index is 11.9. The van der Waals surface area contributed by atoms with E-state index in [1.54, 1.807) is 0 Å². The van der Waals surface area contributed by atoms with E-state index in [-0.39, 0.29) is 11.9 Å². The quantitative estimate of drug-likeness (QED) is 0.0463. The third kappa shape index (κ3) is 32.9. The maximum Gasteiger partial charge on any atom is 0.306 e. The van der Waals surface area contributed by atoms with Crippen LogP contribution in [0.25, 0.3) is 0 Å². The van der Waals surface area contributed by atoms with Crippen LogP contribution in [0.2, 0.25) is 0 Å². The first-order valence-electron chi connectivity index (χ1n) is 17.7. The first-order valence-corrected chi connectivity index (χ1v) is 17.7. The van der Waals surface area contributed by atoms with Gasteiger partial charge in [-0.05, 0) is 25.7 Å². The van der Waals surface area contributed by atoms with Crippen molar-refractivity contribution in [3.05, 3.63) is 12.2 Å². The molecule has 4 nitrogen and oxygen atoms in total. The van der Waals surface area contributed by atoms with Gasteiger partial charge < -0.3 is 9.47 Å². The van der Waals surface area contributed by atoms with Gasteiger partial charge in [0, 0.05) is 12.8 Å². The molecule has 0 spiro atoms. The van der Waals surface area contributed by atoms with Crippen molar-refractivity contribution < 1.29 is 19.1 Å². The smallest absolute Gasteiger partial charge is 0.306 e.